The van der Waals surface area contributed by atoms with Crippen molar-refractivity contribution in [1.82, 2.24) is 0 Å². The molecule has 0 bridgehead atoms. The molecule has 1 nitrogen and oxygen atoms in total. The zero-order valence-electron chi connectivity index (χ0n) is 8.25. The van der Waals surface area contributed by atoms with Crippen molar-refractivity contribution in [2.45, 2.75) is 25.4 Å². The van der Waals surface area contributed by atoms with Gasteiger partial charge in [-0.1, -0.05) is 6.07 Å². The van der Waals surface area contributed by atoms with Gasteiger partial charge < -0.3 is 4.74 Å². The second-order valence-electron chi connectivity index (χ2n) is 4.52. The van der Waals surface area contributed by atoms with Gasteiger partial charge in [-0.15, -0.1) is 0 Å². The number of fused-ring (bicyclic) bond motifs is 1. The summed E-state index contributed by atoms with van der Waals surface area (Å²) in [5.74, 6) is 1.83. The lowest BCUT2D eigenvalue weighted by atomic mass is 10.2. The van der Waals surface area contributed by atoms with E-state index >= 15 is 0 Å². The first-order valence-electron chi connectivity index (χ1n) is 5.34. The van der Waals surface area contributed by atoms with Crippen molar-refractivity contribution in [2.24, 2.45) is 11.8 Å². The van der Waals surface area contributed by atoms with Crippen LogP contribution in [-0.2, 0) is 0 Å². The van der Waals surface area contributed by atoms with Crippen LogP contribution in [0.3, 0.4) is 0 Å². The second kappa shape index (κ2) is 3.48. The highest BCUT2D eigenvalue weighted by molar-refractivity contribution is 9.10. The molecule has 0 heterocycles. The minimum absolute atomic E-state index is 0.224. The standard InChI is InChI=1S/C12H12BrFO/c13-10-2-1-3-11(14)12(10)15-9-5-7-4-8(7)6-9/h1-3,7-9H,4-6H2/t7-,8+,9?. The summed E-state index contributed by atoms with van der Waals surface area (Å²) < 4.78 is 19.9. The molecule has 0 saturated heterocycles. The number of ether oxygens (including phenoxy) is 1. The van der Waals surface area contributed by atoms with E-state index < -0.39 is 0 Å². The van der Waals surface area contributed by atoms with Gasteiger partial charge in [-0.3, -0.25) is 0 Å². The van der Waals surface area contributed by atoms with Crippen LogP contribution in [0.1, 0.15) is 19.3 Å². The van der Waals surface area contributed by atoms with Crippen molar-refractivity contribution in [1.29, 1.82) is 0 Å². The van der Waals surface area contributed by atoms with E-state index in [4.69, 9.17) is 4.74 Å². The summed E-state index contributed by atoms with van der Waals surface area (Å²) in [5, 5.41) is 0. The molecule has 1 aromatic rings. The zero-order chi connectivity index (χ0) is 10.4. The molecule has 2 aliphatic rings. The normalized spacial score (nSPS) is 32.5. The molecule has 15 heavy (non-hydrogen) atoms. The smallest absolute Gasteiger partial charge is 0.169 e. The van der Waals surface area contributed by atoms with Gasteiger partial charge in [-0.25, -0.2) is 4.39 Å². The van der Waals surface area contributed by atoms with Crippen molar-refractivity contribution in [3.05, 3.63) is 28.5 Å². The van der Waals surface area contributed by atoms with Crippen molar-refractivity contribution < 1.29 is 9.13 Å². The van der Waals surface area contributed by atoms with E-state index in [1.165, 1.54) is 12.5 Å². The fraction of sp³-hybridized carbons (Fsp3) is 0.500. The lowest BCUT2D eigenvalue weighted by Crippen LogP contribution is -2.14. The Morgan fingerprint density at radius 3 is 2.60 bits per heavy atom. The monoisotopic (exact) mass is 270 g/mol. The topological polar surface area (TPSA) is 9.23 Å². The highest BCUT2D eigenvalue weighted by Gasteiger charge is 2.47. The molecule has 0 radical (unpaired) electrons. The summed E-state index contributed by atoms with van der Waals surface area (Å²) in [5.41, 5.74) is 0. The summed E-state index contributed by atoms with van der Waals surface area (Å²) in [7, 11) is 0. The van der Waals surface area contributed by atoms with E-state index in [1.807, 2.05) is 6.07 Å². The average Bonchev–Trinajstić information content (AvgIpc) is 2.81. The predicted octanol–water partition coefficient (Wildman–Crippen LogP) is 3.77. The first-order chi connectivity index (χ1) is 7.24. The van der Waals surface area contributed by atoms with Crippen LogP contribution in [0.5, 0.6) is 5.75 Å². The molecule has 2 aliphatic carbocycles. The summed E-state index contributed by atoms with van der Waals surface area (Å²) in [6.45, 7) is 0. The lowest BCUT2D eigenvalue weighted by molar-refractivity contribution is 0.185. The van der Waals surface area contributed by atoms with E-state index in [0.717, 1.165) is 24.7 Å². The van der Waals surface area contributed by atoms with E-state index in [9.17, 15) is 4.39 Å². The van der Waals surface area contributed by atoms with E-state index in [2.05, 4.69) is 15.9 Å². The van der Waals surface area contributed by atoms with Gasteiger partial charge >= 0.3 is 0 Å². The van der Waals surface area contributed by atoms with E-state index in [-0.39, 0.29) is 11.9 Å². The fourth-order valence-electron chi connectivity index (χ4n) is 2.52. The molecule has 80 valence electrons. The predicted molar refractivity (Wildman–Crippen MR) is 59.3 cm³/mol. The average molecular weight is 271 g/mol. The number of halogens is 2. The van der Waals surface area contributed by atoms with Crippen LogP contribution in [0.4, 0.5) is 4.39 Å². The Balaban J connectivity index is 1.76. The Hall–Kier alpha value is -0.570. The maximum Gasteiger partial charge on any atom is 0.169 e. The van der Waals surface area contributed by atoms with E-state index in [1.54, 1.807) is 6.07 Å². The quantitative estimate of drug-likeness (QED) is 0.795. The molecule has 3 rings (SSSR count). The first-order valence-corrected chi connectivity index (χ1v) is 6.14. The second-order valence-corrected chi connectivity index (χ2v) is 5.37. The number of hydrogen-bond donors (Lipinski definition) is 0. The molecule has 0 amide bonds. The minimum Gasteiger partial charge on any atom is -0.486 e. The maximum absolute atomic E-state index is 13.5. The Kier molecular flexibility index (Phi) is 2.23. The molecular weight excluding hydrogens is 259 g/mol. The van der Waals surface area contributed by atoms with Crippen LogP contribution in [-0.4, -0.2) is 6.10 Å². The molecule has 0 spiro atoms. The molecule has 0 aliphatic heterocycles. The van der Waals surface area contributed by atoms with Crippen molar-refractivity contribution in [2.75, 3.05) is 0 Å². The summed E-state index contributed by atoms with van der Waals surface area (Å²) >= 11 is 3.32. The minimum atomic E-state index is -0.273. The number of hydrogen-bond acceptors (Lipinski definition) is 1. The van der Waals surface area contributed by atoms with Crippen LogP contribution in [0, 0.1) is 17.7 Å². The molecule has 3 heteroatoms. The van der Waals surface area contributed by atoms with Crippen molar-refractivity contribution in [3.8, 4) is 5.75 Å². The molecule has 2 fully saturated rings. The van der Waals surface area contributed by atoms with Gasteiger partial charge in [0, 0.05) is 0 Å². The van der Waals surface area contributed by atoms with Gasteiger partial charge in [0.05, 0.1) is 10.6 Å². The molecule has 0 aromatic heterocycles. The third-order valence-electron chi connectivity index (χ3n) is 3.40. The Morgan fingerprint density at radius 2 is 1.93 bits per heavy atom. The SMILES string of the molecule is Fc1cccc(Br)c1OC1C[C@@H]2C[C@@H]2C1. The summed E-state index contributed by atoms with van der Waals surface area (Å²) in [6, 6.07) is 4.93. The zero-order valence-corrected chi connectivity index (χ0v) is 9.84. The molecule has 3 atom stereocenters. The maximum atomic E-state index is 13.5. The Bertz CT molecular complexity index is 363. The molecule has 1 unspecified atom stereocenters. The largest absolute Gasteiger partial charge is 0.486 e. The number of benzene rings is 1. The number of rotatable bonds is 2. The fourth-order valence-corrected chi connectivity index (χ4v) is 2.95. The highest BCUT2D eigenvalue weighted by Crippen LogP contribution is 2.52. The van der Waals surface area contributed by atoms with Crippen LogP contribution >= 0.6 is 15.9 Å². The summed E-state index contributed by atoms with van der Waals surface area (Å²) in [6.07, 6.45) is 3.79. The van der Waals surface area contributed by atoms with E-state index in [0.29, 0.717) is 10.2 Å². The van der Waals surface area contributed by atoms with Gasteiger partial charge in [0.15, 0.2) is 11.6 Å². The number of para-hydroxylation sites is 1. The molecule has 2 saturated carbocycles. The van der Waals surface area contributed by atoms with Gasteiger partial charge in [-0.2, -0.15) is 0 Å². The summed E-state index contributed by atoms with van der Waals surface area (Å²) in [4.78, 5) is 0. The van der Waals surface area contributed by atoms with Crippen LogP contribution < -0.4 is 4.74 Å². The van der Waals surface area contributed by atoms with Gasteiger partial charge in [0.1, 0.15) is 0 Å². The molecule has 1 aromatic carbocycles. The van der Waals surface area contributed by atoms with Gasteiger partial charge in [0.25, 0.3) is 0 Å². The highest BCUT2D eigenvalue weighted by atomic mass is 79.9. The van der Waals surface area contributed by atoms with Gasteiger partial charge in [0.2, 0.25) is 0 Å². The van der Waals surface area contributed by atoms with Crippen LogP contribution in [0.25, 0.3) is 0 Å². The van der Waals surface area contributed by atoms with Crippen LogP contribution in [0.15, 0.2) is 22.7 Å². The third kappa shape index (κ3) is 1.78. The van der Waals surface area contributed by atoms with Crippen molar-refractivity contribution in [3.63, 3.8) is 0 Å². The molecule has 0 N–H and O–H groups in total. The third-order valence-corrected chi connectivity index (χ3v) is 4.03. The van der Waals surface area contributed by atoms with Crippen molar-refractivity contribution >= 4 is 15.9 Å². The Morgan fingerprint density at radius 1 is 1.20 bits per heavy atom. The Labute approximate surface area is 96.8 Å². The van der Waals surface area contributed by atoms with Crippen LogP contribution in [0.2, 0.25) is 0 Å². The first kappa shape index (κ1) is 9.64. The molecular formula is C12H12BrFO. The van der Waals surface area contributed by atoms with Gasteiger partial charge in [-0.05, 0) is 59.2 Å². The lowest BCUT2D eigenvalue weighted by Gasteiger charge is -2.16.